The summed E-state index contributed by atoms with van der Waals surface area (Å²) in [4.78, 5) is 0. The molecule has 1 saturated heterocycles. The second-order valence-corrected chi connectivity index (χ2v) is 3.83. The van der Waals surface area contributed by atoms with Gasteiger partial charge >= 0.3 is 0 Å². The summed E-state index contributed by atoms with van der Waals surface area (Å²) in [6.07, 6.45) is 0.232. The SMILES string of the molecule is CNC(C)c1ccccc1OC1COC1. The average Bonchev–Trinajstić information content (AvgIpc) is 2.23. The quantitative estimate of drug-likeness (QED) is 0.815. The lowest BCUT2D eigenvalue weighted by Crippen LogP contribution is -2.38. The fourth-order valence-corrected chi connectivity index (χ4v) is 1.56. The maximum Gasteiger partial charge on any atom is 0.145 e. The van der Waals surface area contributed by atoms with Crippen LogP contribution in [-0.2, 0) is 4.74 Å². The highest BCUT2D eigenvalue weighted by Gasteiger charge is 2.21. The Labute approximate surface area is 90.4 Å². The van der Waals surface area contributed by atoms with Crippen LogP contribution in [0.1, 0.15) is 18.5 Å². The first-order valence-electron chi connectivity index (χ1n) is 5.32. The van der Waals surface area contributed by atoms with Gasteiger partial charge in [0.2, 0.25) is 0 Å². The van der Waals surface area contributed by atoms with Gasteiger partial charge in [-0.2, -0.15) is 0 Å². The van der Waals surface area contributed by atoms with E-state index in [9.17, 15) is 0 Å². The van der Waals surface area contributed by atoms with E-state index in [-0.39, 0.29) is 6.10 Å². The zero-order valence-electron chi connectivity index (χ0n) is 9.19. The van der Waals surface area contributed by atoms with Crippen molar-refractivity contribution in [2.45, 2.75) is 19.1 Å². The lowest BCUT2D eigenvalue weighted by Gasteiger charge is -2.28. The molecule has 0 saturated carbocycles. The molecule has 1 heterocycles. The zero-order valence-corrected chi connectivity index (χ0v) is 9.19. The Bertz CT molecular complexity index is 323. The van der Waals surface area contributed by atoms with Crippen LogP contribution in [-0.4, -0.2) is 26.4 Å². The molecule has 82 valence electrons. The smallest absolute Gasteiger partial charge is 0.145 e. The van der Waals surface area contributed by atoms with Gasteiger partial charge in [-0.3, -0.25) is 0 Å². The third-order valence-electron chi connectivity index (χ3n) is 2.72. The molecule has 1 atom stereocenters. The number of rotatable bonds is 4. The number of benzene rings is 1. The molecule has 1 aliphatic rings. The highest BCUT2D eigenvalue weighted by molar-refractivity contribution is 5.35. The first kappa shape index (κ1) is 10.5. The van der Waals surface area contributed by atoms with Crippen LogP contribution < -0.4 is 10.1 Å². The Morgan fingerprint density at radius 1 is 1.40 bits per heavy atom. The second kappa shape index (κ2) is 4.64. The fourth-order valence-electron chi connectivity index (χ4n) is 1.56. The summed E-state index contributed by atoms with van der Waals surface area (Å²) in [6, 6.07) is 8.45. The number of ether oxygens (including phenoxy) is 2. The highest BCUT2D eigenvalue weighted by atomic mass is 16.6. The summed E-state index contributed by atoms with van der Waals surface area (Å²) in [7, 11) is 1.95. The van der Waals surface area contributed by atoms with E-state index in [1.807, 2.05) is 25.2 Å². The molecule has 1 unspecified atom stereocenters. The van der Waals surface area contributed by atoms with Crippen LogP contribution in [0.3, 0.4) is 0 Å². The van der Waals surface area contributed by atoms with Crippen molar-refractivity contribution in [1.82, 2.24) is 5.32 Å². The molecule has 1 fully saturated rings. The summed E-state index contributed by atoms with van der Waals surface area (Å²) in [5, 5.41) is 3.22. The Hall–Kier alpha value is -1.06. The van der Waals surface area contributed by atoms with Crippen molar-refractivity contribution in [2.24, 2.45) is 0 Å². The number of nitrogens with one attached hydrogen (secondary N) is 1. The van der Waals surface area contributed by atoms with Gasteiger partial charge in [-0.25, -0.2) is 0 Å². The van der Waals surface area contributed by atoms with E-state index in [1.165, 1.54) is 5.56 Å². The van der Waals surface area contributed by atoms with Crippen molar-refractivity contribution < 1.29 is 9.47 Å². The van der Waals surface area contributed by atoms with Crippen molar-refractivity contribution in [3.8, 4) is 5.75 Å². The van der Waals surface area contributed by atoms with Crippen LogP contribution >= 0.6 is 0 Å². The monoisotopic (exact) mass is 207 g/mol. The van der Waals surface area contributed by atoms with Gasteiger partial charge in [0, 0.05) is 11.6 Å². The minimum atomic E-state index is 0.232. The van der Waals surface area contributed by atoms with Crippen LogP contribution in [0.4, 0.5) is 0 Å². The average molecular weight is 207 g/mol. The van der Waals surface area contributed by atoms with Crippen LogP contribution in [0.5, 0.6) is 5.75 Å². The normalized spacial score (nSPS) is 18.3. The first-order chi connectivity index (χ1) is 7.31. The van der Waals surface area contributed by atoms with Gasteiger partial charge in [0.25, 0.3) is 0 Å². The van der Waals surface area contributed by atoms with E-state index in [4.69, 9.17) is 9.47 Å². The zero-order chi connectivity index (χ0) is 10.7. The molecule has 3 nitrogen and oxygen atoms in total. The maximum absolute atomic E-state index is 5.84. The molecule has 1 aromatic rings. The molecule has 0 spiro atoms. The van der Waals surface area contributed by atoms with Gasteiger partial charge in [-0.1, -0.05) is 18.2 Å². The predicted octanol–water partition coefficient (Wildman–Crippen LogP) is 1.74. The number of hydrogen-bond acceptors (Lipinski definition) is 3. The van der Waals surface area contributed by atoms with Crippen molar-refractivity contribution >= 4 is 0 Å². The Kier molecular flexibility index (Phi) is 3.23. The Morgan fingerprint density at radius 2 is 2.13 bits per heavy atom. The molecular weight excluding hydrogens is 190 g/mol. The Balaban J connectivity index is 2.13. The molecule has 1 aromatic carbocycles. The van der Waals surface area contributed by atoms with Gasteiger partial charge < -0.3 is 14.8 Å². The van der Waals surface area contributed by atoms with Gasteiger partial charge in [-0.15, -0.1) is 0 Å². The van der Waals surface area contributed by atoms with Gasteiger partial charge in [0.1, 0.15) is 11.9 Å². The predicted molar refractivity (Wildman–Crippen MR) is 59.2 cm³/mol. The van der Waals surface area contributed by atoms with E-state index >= 15 is 0 Å². The van der Waals surface area contributed by atoms with Crippen LogP contribution in [0.15, 0.2) is 24.3 Å². The minimum absolute atomic E-state index is 0.232. The fraction of sp³-hybridized carbons (Fsp3) is 0.500. The largest absolute Gasteiger partial charge is 0.485 e. The summed E-state index contributed by atoms with van der Waals surface area (Å²) in [6.45, 7) is 3.55. The molecule has 0 radical (unpaired) electrons. The van der Waals surface area contributed by atoms with Gasteiger partial charge in [0.05, 0.1) is 13.2 Å². The lowest BCUT2D eigenvalue weighted by molar-refractivity contribution is -0.0801. The molecule has 1 aliphatic heterocycles. The van der Waals surface area contributed by atoms with E-state index in [0.717, 1.165) is 5.75 Å². The molecule has 0 aromatic heterocycles. The standard InChI is InChI=1S/C12H17NO2/c1-9(13-2)11-5-3-4-6-12(11)15-10-7-14-8-10/h3-6,9-10,13H,7-8H2,1-2H3. The summed E-state index contributed by atoms with van der Waals surface area (Å²) < 4.78 is 10.9. The van der Waals surface area contributed by atoms with Crippen molar-refractivity contribution in [2.75, 3.05) is 20.3 Å². The van der Waals surface area contributed by atoms with E-state index in [1.54, 1.807) is 0 Å². The topological polar surface area (TPSA) is 30.5 Å². The molecule has 1 N–H and O–H groups in total. The molecule has 2 rings (SSSR count). The molecule has 3 heteroatoms. The number of para-hydroxylation sites is 1. The highest BCUT2D eigenvalue weighted by Crippen LogP contribution is 2.26. The molecular formula is C12H17NO2. The Morgan fingerprint density at radius 3 is 2.73 bits per heavy atom. The molecule has 15 heavy (non-hydrogen) atoms. The van der Waals surface area contributed by atoms with Crippen molar-refractivity contribution in [1.29, 1.82) is 0 Å². The third-order valence-corrected chi connectivity index (χ3v) is 2.72. The summed E-state index contributed by atoms with van der Waals surface area (Å²) in [5.74, 6) is 0.965. The van der Waals surface area contributed by atoms with Crippen LogP contribution in [0, 0.1) is 0 Å². The molecule has 0 bridgehead atoms. The molecule has 0 aliphatic carbocycles. The van der Waals surface area contributed by atoms with E-state index in [0.29, 0.717) is 19.3 Å². The van der Waals surface area contributed by atoms with Crippen molar-refractivity contribution in [3.05, 3.63) is 29.8 Å². The van der Waals surface area contributed by atoms with Crippen molar-refractivity contribution in [3.63, 3.8) is 0 Å². The van der Waals surface area contributed by atoms with Gasteiger partial charge in [-0.05, 0) is 20.0 Å². The van der Waals surface area contributed by atoms with Gasteiger partial charge in [0.15, 0.2) is 0 Å². The lowest BCUT2D eigenvalue weighted by atomic mass is 10.1. The second-order valence-electron chi connectivity index (χ2n) is 3.83. The van der Waals surface area contributed by atoms with E-state index in [2.05, 4.69) is 18.3 Å². The summed E-state index contributed by atoms with van der Waals surface area (Å²) in [5.41, 5.74) is 1.20. The third kappa shape index (κ3) is 2.30. The summed E-state index contributed by atoms with van der Waals surface area (Å²) >= 11 is 0. The van der Waals surface area contributed by atoms with E-state index < -0.39 is 0 Å². The van der Waals surface area contributed by atoms with Crippen LogP contribution in [0.2, 0.25) is 0 Å². The minimum Gasteiger partial charge on any atom is -0.485 e. The molecule has 0 amide bonds. The number of hydrogen-bond donors (Lipinski definition) is 1. The first-order valence-corrected chi connectivity index (χ1v) is 5.32. The van der Waals surface area contributed by atoms with Crippen LogP contribution in [0.25, 0.3) is 0 Å². The maximum atomic E-state index is 5.84.